The number of ether oxygens (including phenoxy) is 1. The molecule has 0 N–H and O–H groups in total. The first-order valence-corrected chi connectivity index (χ1v) is 9.34. The van der Waals surface area contributed by atoms with Crippen LogP contribution in [0.25, 0.3) is 10.2 Å². The van der Waals surface area contributed by atoms with Crippen molar-refractivity contribution >= 4 is 27.5 Å². The van der Waals surface area contributed by atoms with Gasteiger partial charge in [0.15, 0.2) is 0 Å². The van der Waals surface area contributed by atoms with E-state index in [9.17, 15) is 4.79 Å². The van der Waals surface area contributed by atoms with Gasteiger partial charge in [-0.1, -0.05) is 12.1 Å². The summed E-state index contributed by atoms with van der Waals surface area (Å²) in [6, 6.07) is 11.7. The second-order valence-electron chi connectivity index (χ2n) is 5.97. The van der Waals surface area contributed by atoms with Crippen molar-refractivity contribution < 1.29 is 9.53 Å². The molecule has 1 aliphatic rings. The lowest BCUT2D eigenvalue weighted by Crippen LogP contribution is -2.31. The maximum absolute atomic E-state index is 13.1. The Balaban J connectivity index is 1.66. The molecule has 1 aliphatic heterocycles. The maximum atomic E-state index is 13.1. The minimum atomic E-state index is -0.0293. The largest absolute Gasteiger partial charge is 0.477 e. The molecule has 1 amide bonds. The van der Waals surface area contributed by atoms with Gasteiger partial charge >= 0.3 is 0 Å². The molecule has 1 aromatic carbocycles. The Labute approximate surface area is 150 Å². The quantitative estimate of drug-likeness (QED) is 0.709. The molecule has 0 radical (unpaired) electrons. The van der Waals surface area contributed by atoms with Gasteiger partial charge in [0.1, 0.15) is 10.6 Å². The molecule has 1 saturated heterocycles. The minimum Gasteiger partial charge on any atom is -0.477 e. The second-order valence-corrected chi connectivity index (χ2v) is 7.03. The van der Waals surface area contributed by atoms with Crippen LogP contribution in [0.4, 0.5) is 0 Å². The zero-order valence-corrected chi connectivity index (χ0v) is 14.8. The van der Waals surface area contributed by atoms with Crippen molar-refractivity contribution in [2.75, 3.05) is 13.2 Å². The normalized spacial score (nSPS) is 17.2. The van der Waals surface area contributed by atoms with Gasteiger partial charge in [0.05, 0.1) is 22.9 Å². The first-order chi connectivity index (χ1) is 12.3. The van der Waals surface area contributed by atoms with Crippen LogP contribution in [0.1, 0.15) is 41.2 Å². The van der Waals surface area contributed by atoms with Crippen LogP contribution in [0, 0.1) is 0 Å². The zero-order valence-electron chi connectivity index (χ0n) is 14.0. The summed E-state index contributed by atoms with van der Waals surface area (Å²) in [6.45, 7) is 3.11. The van der Waals surface area contributed by atoms with E-state index in [1.165, 1.54) is 0 Å². The van der Waals surface area contributed by atoms with Crippen molar-refractivity contribution in [2.24, 2.45) is 0 Å². The Morgan fingerprint density at radius 3 is 3.04 bits per heavy atom. The van der Waals surface area contributed by atoms with Crippen LogP contribution in [0.5, 0.6) is 5.88 Å². The van der Waals surface area contributed by atoms with Crippen molar-refractivity contribution in [3.63, 3.8) is 0 Å². The van der Waals surface area contributed by atoms with E-state index < -0.39 is 0 Å². The predicted molar refractivity (Wildman–Crippen MR) is 98.0 cm³/mol. The zero-order chi connectivity index (χ0) is 17.2. The van der Waals surface area contributed by atoms with Gasteiger partial charge < -0.3 is 9.64 Å². The van der Waals surface area contributed by atoms with E-state index >= 15 is 0 Å². The number of rotatable bonds is 4. The van der Waals surface area contributed by atoms with Gasteiger partial charge in [0, 0.05) is 12.7 Å². The van der Waals surface area contributed by atoms with E-state index in [1.807, 2.05) is 30.0 Å². The summed E-state index contributed by atoms with van der Waals surface area (Å²) in [5.41, 5.74) is 1.52. The summed E-state index contributed by atoms with van der Waals surface area (Å²) in [4.78, 5) is 24.0. The molecule has 25 heavy (non-hydrogen) atoms. The molecule has 3 heterocycles. The van der Waals surface area contributed by atoms with E-state index in [0.717, 1.165) is 34.6 Å². The van der Waals surface area contributed by atoms with E-state index in [0.29, 0.717) is 18.1 Å². The Bertz CT molecular complexity index is 875. The van der Waals surface area contributed by atoms with Gasteiger partial charge in [0.25, 0.3) is 5.91 Å². The SMILES string of the molecule is CCOc1ncccc1C(=O)N1CCC[C@H]1c1nc2ccccc2s1. The number of aromatic nitrogens is 2. The van der Waals surface area contributed by atoms with Crippen molar-refractivity contribution in [1.29, 1.82) is 0 Å². The topological polar surface area (TPSA) is 55.3 Å². The molecule has 2 aromatic heterocycles. The predicted octanol–water partition coefficient (Wildman–Crippen LogP) is 4.07. The van der Waals surface area contributed by atoms with E-state index in [2.05, 4.69) is 11.1 Å². The first kappa shape index (κ1) is 16.0. The Morgan fingerprint density at radius 2 is 2.20 bits per heavy atom. The lowest BCUT2D eigenvalue weighted by atomic mass is 10.2. The van der Waals surface area contributed by atoms with Crippen LogP contribution in [-0.2, 0) is 0 Å². The number of pyridine rings is 1. The number of hydrogen-bond donors (Lipinski definition) is 0. The molecule has 6 heteroatoms. The van der Waals surface area contributed by atoms with Gasteiger partial charge in [-0.3, -0.25) is 4.79 Å². The van der Waals surface area contributed by atoms with Gasteiger partial charge in [-0.05, 0) is 44.0 Å². The summed E-state index contributed by atoms with van der Waals surface area (Å²) >= 11 is 1.67. The highest BCUT2D eigenvalue weighted by Gasteiger charge is 2.34. The van der Waals surface area contributed by atoms with E-state index in [1.54, 1.807) is 29.7 Å². The number of likely N-dealkylation sites (tertiary alicyclic amines) is 1. The molecule has 0 unspecified atom stereocenters. The van der Waals surface area contributed by atoms with Crippen LogP contribution in [0.15, 0.2) is 42.6 Å². The number of thiazole rings is 1. The number of carbonyl (C=O) groups is 1. The fraction of sp³-hybridized carbons (Fsp3) is 0.316. The van der Waals surface area contributed by atoms with Gasteiger partial charge in [-0.25, -0.2) is 9.97 Å². The van der Waals surface area contributed by atoms with Crippen LogP contribution >= 0.6 is 11.3 Å². The Morgan fingerprint density at radius 1 is 1.32 bits per heavy atom. The maximum Gasteiger partial charge on any atom is 0.259 e. The third kappa shape index (κ3) is 2.98. The minimum absolute atomic E-state index is 0.0274. The van der Waals surface area contributed by atoms with Crippen molar-refractivity contribution in [3.05, 3.63) is 53.2 Å². The average molecular weight is 353 g/mol. The molecule has 4 rings (SSSR count). The molecule has 0 spiro atoms. The monoisotopic (exact) mass is 353 g/mol. The lowest BCUT2D eigenvalue weighted by molar-refractivity contribution is 0.0730. The van der Waals surface area contributed by atoms with Crippen LogP contribution in [0.3, 0.4) is 0 Å². The second kappa shape index (κ2) is 6.80. The summed E-state index contributed by atoms with van der Waals surface area (Å²) in [5, 5.41) is 1.01. The van der Waals surface area contributed by atoms with Crippen LogP contribution < -0.4 is 4.74 Å². The van der Waals surface area contributed by atoms with Crippen molar-refractivity contribution in [2.45, 2.75) is 25.8 Å². The molecule has 0 aliphatic carbocycles. The van der Waals surface area contributed by atoms with Crippen LogP contribution in [0.2, 0.25) is 0 Å². The smallest absolute Gasteiger partial charge is 0.259 e. The molecule has 0 saturated carbocycles. The average Bonchev–Trinajstić information content (AvgIpc) is 3.28. The highest BCUT2D eigenvalue weighted by Crippen LogP contribution is 2.37. The number of fused-ring (bicyclic) bond motifs is 1. The molecule has 5 nitrogen and oxygen atoms in total. The lowest BCUT2D eigenvalue weighted by Gasteiger charge is -2.23. The molecule has 3 aromatic rings. The van der Waals surface area contributed by atoms with Gasteiger partial charge in [-0.2, -0.15) is 0 Å². The highest BCUT2D eigenvalue weighted by atomic mass is 32.1. The molecular formula is C19H19N3O2S. The molecular weight excluding hydrogens is 334 g/mol. The third-order valence-corrected chi connectivity index (χ3v) is 5.53. The highest BCUT2D eigenvalue weighted by molar-refractivity contribution is 7.18. The van der Waals surface area contributed by atoms with E-state index in [-0.39, 0.29) is 11.9 Å². The molecule has 1 atom stereocenters. The summed E-state index contributed by atoms with van der Waals surface area (Å²) in [5.74, 6) is 0.378. The van der Waals surface area contributed by atoms with Crippen molar-refractivity contribution in [1.82, 2.24) is 14.9 Å². The summed E-state index contributed by atoms with van der Waals surface area (Å²) < 4.78 is 6.70. The van der Waals surface area contributed by atoms with Gasteiger partial charge in [-0.15, -0.1) is 11.3 Å². The third-order valence-electron chi connectivity index (χ3n) is 4.39. The Kier molecular flexibility index (Phi) is 4.36. The standard InChI is InChI=1S/C19H19N3O2S/c1-2-24-17-13(7-5-11-20-17)19(23)22-12-6-9-15(22)18-21-14-8-3-4-10-16(14)25-18/h3-5,7-8,10-11,15H,2,6,9,12H2,1H3/t15-/m0/s1. The van der Waals surface area contributed by atoms with E-state index in [4.69, 9.17) is 9.72 Å². The fourth-order valence-corrected chi connectivity index (χ4v) is 4.37. The molecule has 128 valence electrons. The first-order valence-electron chi connectivity index (χ1n) is 8.52. The summed E-state index contributed by atoms with van der Waals surface area (Å²) in [6.07, 6.45) is 3.57. The Hall–Kier alpha value is -2.47. The molecule has 0 bridgehead atoms. The van der Waals surface area contributed by atoms with Gasteiger partial charge in [0.2, 0.25) is 5.88 Å². The van der Waals surface area contributed by atoms with Crippen molar-refractivity contribution in [3.8, 4) is 5.88 Å². The van der Waals surface area contributed by atoms with Crippen LogP contribution in [-0.4, -0.2) is 33.9 Å². The number of carbonyl (C=O) groups excluding carboxylic acids is 1. The summed E-state index contributed by atoms with van der Waals surface area (Å²) in [7, 11) is 0. The molecule has 1 fully saturated rings. The number of benzene rings is 1. The fourth-order valence-electron chi connectivity index (χ4n) is 3.26. The number of para-hydroxylation sites is 1. The number of amides is 1. The number of hydrogen-bond acceptors (Lipinski definition) is 5. The number of nitrogens with zero attached hydrogens (tertiary/aromatic N) is 3.